The molecule has 6 aromatic rings. The summed E-state index contributed by atoms with van der Waals surface area (Å²) in [5.74, 6) is 0.217. The van der Waals surface area contributed by atoms with Crippen molar-refractivity contribution in [1.29, 1.82) is 0 Å². The molecule has 43 heavy (non-hydrogen) atoms. The van der Waals surface area contributed by atoms with E-state index in [1.807, 2.05) is 48.5 Å². The molecule has 2 aromatic heterocycles. The topological polar surface area (TPSA) is 59.9 Å². The summed E-state index contributed by atoms with van der Waals surface area (Å²) in [6.45, 7) is 3.36. The third-order valence-electron chi connectivity index (χ3n) is 9.58. The average Bonchev–Trinajstić information content (AvgIpc) is 3.40. The van der Waals surface area contributed by atoms with Crippen LogP contribution < -0.4 is 0 Å². The molecule has 8 rings (SSSR count). The van der Waals surface area contributed by atoms with Gasteiger partial charge >= 0.3 is 0 Å². The fourth-order valence-corrected chi connectivity index (χ4v) is 8.13. The number of carbonyl (C=O) groups is 2. The van der Waals surface area contributed by atoms with Gasteiger partial charge in [0.2, 0.25) is 0 Å². The minimum Gasteiger partial charge on any atom is -0.300 e. The van der Waals surface area contributed by atoms with Crippen LogP contribution in [0.5, 0.6) is 0 Å². The number of benzene rings is 4. The molecule has 2 atom stereocenters. The number of carbonyl (C=O) groups excluding carboxylic acids is 2. The number of nitrogens with zero attached hydrogens (tertiary/aromatic N) is 2. The van der Waals surface area contributed by atoms with Crippen molar-refractivity contribution >= 4 is 33.4 Å². The third kappa shape index (κ3) is 3.69. The zero-order valence-electron chi connectivity index (χ0n) is 24.2. The second kappa shape index (κ2) is 9.27. The molecule has 0 saturated carbocycles. The molecule has 2 heterocycles. The zero-order valence-corrected chi connectivity index (χ0v) is 24.2. The van der Waals surface area contributed by atoms with Crippen molar-refractivity contribution in [2.45, 2.75) is 43.9 Å². The molecule has 0 spiro atoms. The van der Waals surface area contributed by atoms with Gasteiger partial charge < -0.3 is 0 Å². The predicted molar refractivity (Wildman–Crippen MR) is 171 cm³/mol. The van der Waals surface area contributed by atoms with Crippen LogP contribution in [0.4, 0.5) is 0 Å². The lowest BCUT2D eigenvalue weighted by molar-refractivity contribution is -0.118. The van der Waals surface area contributed by atoms with Gasteiger partial charge in [0.25, 0.3) is 0 Å². The van der Waals surface area contributed by atoms with Crippen LogP contribution in [0.2, 0.25) is 0 Å². The van der Waals surface area contributed by atoms with Gasteiger partial charge in [-0.25, -0.2) is 9.97 Å². The van der Waals surface area contributed by atoms with E-state index in [4.69, 9.17) is 9.97 Å². The van der Waals surface area contributed by atoms with Crippen LogP contribution in [0.15, 0.2) is 109 Å². The molecule has 2 unspecified atom stereocenters. The Hall–Kier alpha value is -4.96. The number of rotatable bonds is 6. The first-order chi connectivity index (χ1) is 20.9. The van der Waals surface area contributed by atoms with E-state index in [2.05, 4.69) is 60.7 Å². The van der Waals surface area contributed by atoms with E-state index in [0.29, 0.717) is 19.3 Å². The molecule has 4 heteroatoms. The summed E-state index contributed by atoms with van der Waals surface area (Å²) in [6.07, 6.45) is 1.18. The summed E-state index contributed by atoms with van der Waals surface area (Å²) in [4.78, 5) is 37.1. The fourth-order valence-electron chi connectivity index (χ4n) is 8.13. The Labute approximate surface area is 250 Å². The van der Waals surface area contributed by atoms with Crippen molar-refractivity contribution in [3.8, 4) is 22.5 Å². The van der Waals surface area contributed by atoms with Crippen molar-refractivity contribution in [1.82, 2.24) is 9.97 Å². The number of hydrogen-bond acceptors (Lipinski definition) is 4. The van der Waals surface area contributed by atoms with Crippen LogP contribution in [0.25, 0.3) is 44.3 Å². The molecule has 0 radical (unpaired) electrons. The Morgan fingerprint density at radius 1 is 0.535 bits per heavy atom. The van der Waals surface area contributed by atoms with E-state index >= 15 is 0 Å². The van der Waals surface area contributed by atoms with Gasteiger partial charge in [0.05, 0.1) is 22.4 Å². The van der Waals surface area contributed by atoms with E-state index in [0.717, 1.165) is 66.6 Å². The standard InChI is InChI=1S/C39H30N2O2/c1-24(42)21-38(30-15-7-5-13-28(30)36-32(38)19-26-11-3-9-17-34(26)40-36)23-39(22-25(2)43)31-16-8-6-14-29(31)37-33(39)20-27-12-4-10-18-35(27)41-37/h3-20H,21-23H2,1-2H3. The smallest absolute Gasteiger partial charge is 0.131 e. The highest BCUT2D eigenvalue weighted by atomic mass is 16.1. The number of Topliss-reactive ketones (excluding diaryl/α,β-unsaturated/α-hetero) is 2. The van der Waals surface area contributed by atoms with Crippen LogP contribution in [0.1, 0.15) is 55.4 Å². The molecule has 2 aliphatic rings. The molecular formula is C39H30N2O2. The molecule has 208 valence electrons. The first kappa shape index (κ1) is 25.7. The molecule has 4 nitrogen and oxygen atoms in total. The number of ketones is 2. The lowest BCUT2D eigenvalue weighted by Gasteiger charge is -2.41. The van der Waals surface area contributed by atoms with E-state index in [1.165, 1.54) is 0 Å². The summed E-state index contributed by atoms with van der Waals surface area (Å²) >= 11 is 0. The molecule has 0 bridgehead atoms. The summed E-state index contributed by atoms with van der Waals surface area (Å²) in [5, 5.41) is 2.09. The van der Waals surface area contributed by atoms with Crippen molar-refractivity contribution in [3.05, 3.63) is 131 Å². The van der Waals surface area contributed by atoms with Crippen molar-refractivity contribution in [2.75, 3.05) is 0 Å². The lowest BCUT2D eigenvalue weighted by atomic mass is 9.59. The van der Waals surface area contributed by atoms with Gasteiger partial charge in [0.15, 0.2) is 0 Å². The summed E-state index contributed by atoms with van der Waals surface area (Å²) in [5.41, 5.74) is 8.78. The normalized spacial score (nSPS) is 19.6. The largest absolute Gasteiger partial charge is 0.300 e. The van der Waals surface area contributed by atoms with Crippen LogP contribution in [0, 0.1) is 0 Å². The van der Waals surface area contributed by atoms with Gasteiger partial charge in [-0.1, -0.05) is 84.9 Å². The van der Waals surface area contributed by atoms with Gasteiger partial charge in [-0.15, -0.1) is 0 Å². The Morgan fingerprint density at radius 2 is 0.930 bits per heavy atom. The SMILES string of the molecule is CC(=O)CC1(CC2(CC(C)=O)c3ccccc3-c3nc4ccccc4cc32)c2ccccc2-c2nc3ccccc3cc21. The molecular weight excluding hydrogens is 528 g/mol. The maximum Gasteiger partial charge on any atom is 0.131 e. The molecule has 2 aliphatic carbocycles. The second-order valence-electron chi connectivity index (χ2n) is 12.3. The Balaban J connectivity index is 1.48. The minimum atomic E-state index is -0.690. The third-order valence-corrected chi connectivity index (χ3v) is 9.58. The molecule has 0 fully saturated rings. The molecule has 0 saturated heterocycles. The lowest BCUT2D eigenvalue weighted by Crippen LogP contribution is -2.40. The number of pyridine rings is 2. The average molecular weight is 559 g/mol. The van der Waals surface area contributed by atoms with Crippen LogP contribution in [-0.2, 0) is 20.4 Å². The Bertz CT molecular complexity index is 1990. The van der Waals surface area contributed by atoms with Crippen LogP contribution in [0.3, 0.4) is 0 Å². The first-order valence-corrected chi connectivity index (χ1v) is 14.9. The van der Waals surface area contributed by atoms with E-state index in [-0.39, 0.29) is 11.6 Å². The van der Waals surface area contributed by atoms with Gasteiger partial charge in [-0.05, 0) is 66.8 Å². The second-order valence-corrected chi connectivity index (χ2v) is 12.3. The number of hydrogen-bond donors (Lipinski definition) is 0. The minimum absolute atomic E-state index is 0.108. The summed E-state index contributed by atoms with van der Waals surface area (Å²) in [7, 11) is 0. The van der Waals surface area contributed by atoms with Gasteiger partial charge in [0, 0.05) is 45.6 Å². The van der Waals surface area contributed by atoms with Gasteiger partial charge in [-0.2, -0.15) is 0 Å². The number of aromatic nitrogens is 2. The van der Waals surface area contributed by atoms with E-state index in [1.54, 1.807) is 13.8 Å². The van der Waals surface area contributed by atoms with Crippen molar-refractivity contribution in [2.24, 2.45) is 0 Å². The van der Waals surface area contributed by atoms with Crippen molar-refractivity contribution < 1.29 is 9.59 Å². The number of fused-ring (bicyclic) bond motifs is 8. The van der Waals surface area contributed by atoms with E-state index in [9.17, 15) is 9.59 Å². The monoisotopic (exact) mass is 558 g/mol. The van der Waals surface area contributed by atoms with E-state index < -0.39 is 10.8 Å². The van der Waals surface area contributed by atoms with Gasteiger partial charge in [-0.3, -0.25) is 9.59 Å². The summed E-state index contributed by atoms with van der Waals surface area (Å²) in [6, 6.07) is 37.6. The summed E-state index contributed by atoms with van der Waals surface area (Å²) < 4.78 is 0. The fraction of sp³-hybridized carbons (Fsp3) is 0.179. The Morgan fingerprint density at radius 3 is 1.37 bits per heavy atom. The highest BCUT2D eigenvalue weighted by Crippen LogP contribution is 2.61. The molecule has 0 N–H and O–H groups in total. The van der Waals surface area contributed by atoms with Crippen LogP contribution >= 0.6 is 0 Å². The quantitative estimate of drug-likeness (QED) is 0.206. The maximum absolute atomic E-state index is 13.4. The first-order valence-electron chi connectivity index (χ1n) is 14.9. The van der Waals surface area contributed by atoms with Crippen molar-refractivity contribution in [3.63, 3.8) is 0 Å². The highest BCUT2D eigenvalue weighted by molar-refractivity contribution is 5.93. The predicted octanol–water partition coefficient (Wildman–Crippen LogP) is 8.36. The molecule has 0 amide bonds. The molecule has 0 aliphatic heterocycles. The van der Waals surface area contributed by atoms with Crippen LogP contribution in [-0.4, -0.2) is 21.5 Å². The maximum atomic E-state index is 13.4. The van der Waals surface area contributed by atoms with Gasteiger partial charge in [0.1, 0.15) is 11.6 Å². The highest BCUT2D eigenvalue weighted by Gasteiger charge is 2.54. The Kier molecular flexibility index (Phi) is 5.55. The number of para-hydroxylation sites is 2. The molecule has 4 aromatic carbocycles. The zero-order chi connectivity index (χ0) is 29.3.